The van der Waals surface area contributed by atoms with Gasteiger partial charge in [-0.15, -0.1) is 0 Å². The third-order valence-corrected chi connectivity index (χ3v) is 0.794. The van der Waals surface area contributed by atoms with Crippen LogP contribution < -0.4 is 62.6 Å². The van der Waals surface area contributed by atoms with Crippen LogP contribution in [0.1, 0.15) is 0 Å². The van der Waals surface area contributed by atoms with E-state index in [1.165, 1.54) is 0 Å². The Hall–Kier alpha value is 0.456. The van der Waals surface area contributed by atoms with Gasteiger partial charge in [-0.3, -0.25) is 0 Å². The number of carbonyl (C=O) groups is 2. The summed E-state index contributed by atoms with van der Waals surface area (Å²) >= 11 is 0. The SMILES string of the molecule is N.O=C([O-])C(O)C(O)C(=O)O.[K+]. The van der Waals surface area contributed by atoms with Gasteiger partial charge >= 0.3 is 57.4 Å². The zero-order chi connectivity index (χ0) is 8.31. The molecule has 0 saturated carbocycles. The molecule has 0 fully saturated rings. The van der Waals surface area contributed by atoms with Gasteiger partial charge in [-0.2, -0.15) is 0 Å². The van der Waals surface area contributed by atoms with Crippen LogP contribution in [0.5, 0.6) is 0 Å². The molecule has 0 radical (unpaired) electrons. The van der Waals surface area contributed by atoms with E-state index in [4.69, 9.17) is 15.3 Å². The Kier molecular flexibility index (Phi) is 12.3. The van der Waals surface area contributed by atoms with Gasteiger partial charge in [0.05, 0.1) is 5.97 Å². The Labute approximate surface area is 110 Å². The maximum Gasteiger partial charge on any atom is 1.00 e. The maximum absolute atomic E-state index is 9.74. The number of aliphatic carboxylic acids is 2. The molecule has 0 aromatic rings. The van der Waals surface area contributed by atoms with E-state index in [1.807, 2.05) is 0 Å². The quantitative estimate of drug-likeness (QED) is 0.334. The van der Waals surface area contributed by atoms with Gasteiger partial charge < -0.3 is 31.4 Å². The van der Waals surface area contributed by atoms with Crippen LogP contribution in [0.3, 0.4) is 0 Å². The van der Waals surface area contributed by atoms with E-state index in [1.54, 1.807) is 0 Å². The summed E-state index contributed by atoms with van der Waals surface area (Å²) in [6.45, 7) is 0. The number of hydrogen-bond acceptors (Lipinski definition) is 6. The minimum Gasteiger partial charge on any atom is -0.547 e. The van der Waals surface area contributed by atoms with E-state index in [0.29, 0.717) is 0 Å². The van der Waals surface area contributed by atoms with E-state index in [9.17, 15) is 14.7 Å². The second kappa shape index (κ2) is 8.07. The molecule has 12 heavy (non-hydrogen) atoms. The molecule has 0 saturated heterocycles. The molecular formula is C4H8KNO6. The minimum atomic E-state index is -2.38. The standard InChI is InChI=1S/C4H6O6.K.H3N/c5-1(3(7)8)2(6)4(9)10;;/h1-2,5-6H,(H,7,8)(H,9,10);;1H3/q;+1;/p-1. The monoisotopic (exact) mass is 205 g/mol. The third kappa shape index (κ3) is 6.03. The summed E-state index contributed by atoms with van der Waals surface area (Å²) < 4.78 is 0. The van der Waals surface area contributed by atoms with Crippen molar-refractivity contribution in [1.82, 2.24) is 6.15 Å². The van der Waals surface area contributed by atoms with Crippen molar-refractivity contribution >= 4 is 11.9 Å². The first-order chi connectivity index (χ1) is 4.46. The van der Waals surface area contributed by atoms with Crippen LogP contribution in [0, 0.1) is 0 Å². The van der Waals surface area contributed by atoms with Crippen molar-refractivity contribution in [2.24, 2.45) is 0 Å². The van der Waals surface area contributed by atoms with Crippen molar-refractivity contribution in [3.63, 3.8) is 0 Å². The Morgan fingerprint density at radius 1 is 1.17 bits per heavy atom. The average Bonchev–Trinajstić information content (AvgIpc) is 1.84. The van der Waals surface area contributed by atoms with Gasteiger partial charge in [0.25, 0.3) is 0 Å². The van der Waals surface area contributed by atoms with Gasteiger partial charge in [-0.1, -0.05) is 0 Å². The molecule has 2 unspecified atom stereocenters. The summed E-state index contributed by atoms with van der Waals surface area (Å²) in [7, 11) is 0. The van der Waals surface area contributed by atoms with E-state index < -0.39 is 24.1 Å². The summed E-state index contributed by atoms with van der Waals surface area (Å²) in [6, 6.07) is 0. The van der Waals surface area contributed by atoms with Crippen LogP contribution in [0.4, 0.5) is 0 Å². The average molecular weight is 205 g/mol. The zero-order valence-electron chi connectivity index (χ0n) is 6.43. The van der Waals surface area contributed by atoms with Crippen LogP contribution >= 0.6 is 0 Å². The minimum absolute atomic E-state index is 0. The van der Waals surface area contributed by atoms with Crippen molar-refractivity contribution in [3.05, 3.63) is 0 Å². The van der Waals surface area contributed by atoms with Crippen molar-refractivity contribution in [2.75, 3.05) is 0 Å². The van der Waals surface area contributed by atoms with Crippen LogP contribution in [0.2, 0.25) is 0 Å². The van der Waals surface area contributed by atoms with Crippen molar-refractivity contribution in [2.45, 2.75) is 12.2 Å². The fourth-order valence-corrected chi connectivity index (χ4v) is 0.264. The zero-order valence-corrected chi connectivity index (χ0v) is 9.55. The summed E-state index contributed by atoms with van der Waals surface area (Å²) in [4.78, 5) is 19.4. The second-order valence-corrected chi connectivity index (χ2v) is 1.55. The summed E-state index contributed by atoms with van der Waals surface area (Å²) in [5, 5.41) is 34.1. The third-order valence-electron chi connectivity index (χ3n) is 0.794. The summed E-state index contributed by atoms with van der Waals surface area (Å²) in [5.41, 5.74) is 0. The number of carboxylic acids is 2. The first kappa shape index (κ1) is 18.3. The Morgan fingerprint density at radius 3 is 1.58 bits per heavy atom. The number of hydrogen-bond donors (Lipinski definition) is 4. The molecule has 0 rings (SSSR count). The molecule has 0 aliphatic heterocycles. The molecule has 8 heteroatoms. The molecule has 66 valence electrons. The topological polar surface area (TPSA) is 153 Å². The number of aliphatic hydroxyl groups is 2. The Morgan fingerprint density at radius 2 is 1.50 bits per heavy atom. The van der Waals surface area contributed by atoms with E-state index in [0.717, 1.165) is 0 Å². The first-order valence-corrected chi connectivity index (χ1v) is 2.26. The number of aliphatic hydroxyl groups excluding tert-OH is 2. The van der Waals surface area contributed by atoms with E-state index in [2.05, 4.69) is 0 Å². The fraction of sp³-hybridized carbons (Fsp3) is 0.500. The molecule has 6 N–H and O–H groups in total. The Balaban J connectivity index is -0.000000405. The van der Waals surface area contributed by atoms with Crippen LogP contribution in [0.15, 0.2) is 0 Å². The summed E-state index contributed by atoms with van der Waals surface area (Å²) in [6.07, 6.45) is -4.71. The van der Waals surface area contributed by atoms with Crippen LogP contribution in [0.25, 0.3) is 0 Å². The molecule has 0 aliphatic rings. The van der Waals surface area contributed by atoms with Gasteiger partial charge in [0.1, 0.15) is 6.10 Å². The maximum atomic E-state index is 9.74. The van der Waals surface area contributed by atoms with E-state index >= 15 is 0 Å². The van der Waals surface area contributed by atoms with Gasteiger partial charge in [-0.25, -0.2) is 4.79 Å². The molecule has 0 aromatic heterocycles. The smallest absolute Gasteiger partial charge is 0.547 e. The van der Waals surface area contributed by atoms with Crippen molar-refractivity contribution < 1.29 is 81.4 Å². The molecule has 0 aliphatic carbocycles. The number of carboxylic acid groups (broad SMARTS) is 2. The van der Waals surface area contributed by atoms with Gasteiger partial charge in [0.2, 0.25) is 0 Å². The predicted octanol–water partition coefficient (Wildman–Crippen LogP) is -6.29. The Bertz CT molecular complexity index is 144. The molecule has 0 spiro atoms. The molecule has 0 heterocycles. The molecule has 7 nitrogen and oxygen atoms in total. The van der Waals surface area contributed by atoms with Crippen molar-refractivity contribution in [3.8, 4) is 0 Å². The van der Waals surface area contributed by atoms with Crippen LogP contribution in [-0.4, -0.2) is 39.5 Å². The second-order valence-electron chi connectivity index (χ2n) is 1.55. The normalized spacial score (nSPS) is 13.2. The first-order valence-electron chi connectivity index (χ1n) is 2.26. The fourth-order valence-electron chi connectivity index (χ4n) is 0.264. The van der Waals surface area contributed by atoms with Gasteiger partial charge in [0, 0.05) is 0 Å². The molecule has 0 aromatic carbocycles. The summed E-state index contributed by atoms with van der Waals surface area (Å²) in [5.74, 6) is -3.83. The van der Waals surface area contributed by atoms with E-state index in [-0.39, 0.29) is 57.5 Å². The van der Waals surface area contributed by atoms with Gasteiger partial charge in [0.15, 0.2) is 6.10 Å². The molecular weight excluding hydrogens is 197 g/mol. The number of carbonyl (C=O) groups excluding carboxylic acids is 1. The van der Waals surface area contributed by atoms with Gasteiger partial charge in [-0.05, 0) is 0 Å². The van der Waals surface area contributed by atoms with Crippen LogP contribution in [-0.2, 0) is 9.59 Å². The molecule has 0 bridgehead atoms. The largest absolute Gasteiger partial charge is 1.00 e. The number of rotatable bonds is 3. The molecule has 0 amide bonds. The molecule has 2 atom stereocenters. The van der Waals surface area contributed by atoms with Crippen molar-refractivity contribution in [1.29, 1.82) is 0 Å². The predicted molar refractivity (Wildman–Crippen MR) is 29.7 cm³/mol.